The summed E-state index contributed by atoms with van der Waals surface area (Å²) in [5.74, 6) is -3.59. The topological polar surface area (TPSA) is 86.7 Å². The summed E-state index contributed by atoms with van der Waals surface area (Å²) in [5, 5.41) is 13.6. The molecule has 3 heterocycles. The molecule has 0 radical (unpaired) electrons. The van der Waals surface area contributed by atoms with E-state index in [2.05, 4.69) is 21.2 Å². The predicted octanol–water partition coefficient (Wildman–Crippen LogP) is 3.40. The van der Waals surface area contributed by atoms with E-state index in [1.807, 2.05) is 49.4 Å². The van der Waals surface area contributed by atoms with Crippen molar-refractivity contribution in [1.82, 2.24) is 10.2 Å². The number of amides is 2. The predicted molar refractivity (Wildman–Crippen MR) is 117 cm³/mol. The van der Waals surface area contributed by atoms with Gasteiger partial charge in [-0.3, -0.25) is 24.6 Å². The summed E-state index contributed by atoms with van der Waals surface area (Å²) >= 11 is 4.88. The van der Waals surface area contributed by atoms with E-state index in [4.69, 9.17) is 0 Å². The normalized spacial score (nSPS) is 28.5. The molecule has 1 aromatic heterocycles. The third kappa shape index (κ3) is 3.33. The number of hydrogen-bond donors (Lipinski definition) is 2. The quantitative estimate of drug-likeness (QED) is 0.480. The number of thiophene rings is 1. The molecule has 4 rings (SSSR count). The Morgan fingerprint density at radius 2 is 1.97 bits per heavy atom. The highest BCUT2D eigenvalue weighted by molar-refractivity contribution is 9.11. The summed E-state index contributed by atoms with van der Waals surface area (Å²) < 4.78 is 0.884. The van der Waals surface area contributed by atoms with Gasteiger partial charge >= 0.3 is 5.97 Å². The van der Waals surface area contributed by atoms with Crippen LogP contribution in [0.4, 0.5) is 0 Å². The van der Waals surface area contributed by atoms with Crippen LogP contribution >= 0.6 is 27.3 Å². The van der Waals surface area contributed by atoms with E-state index in [0.717, 1.165) is 14.2 Å². The van der Waals surface area contributed by atoms with Crippen LogP contribution in [0.15, 0.2) is 58.4 Å². The summed E-state index contributed by atoms with van der Waals surface area (Å²) in [6.45, 7) is 1.97. The minimum absolute atomic E-state index is 0.115. The third-order valence-electron chi connectivity index (χ3n) is 5.88. The number of allylic oxidation sites excluding steroid dienone is 1. The van der Waals surface area contributed by atoms with Crippen LogP contribution in [0.25, 0.3) is 0 Å². The van der Waals surface area contributed by atoms with Crippen molar-refractivity contribution in [3.8, 4) is 0 Å². The van der Waals surface area contributed by atoms with Crippen molar-refractivity contribution in [2.24, 2.45) is 11.8 Å². The van der Waals surface area contributed by atoms with E-state index in [1.54, 1.807) is 12.2 Å². The molecule has 4 unspecified atom stereocenters. The Hall–Kier alpha value is -2.29. The SMILES string of the molecule is CC=CCN1C(=O)C2C(c3ccc(Br)s3)NC(Cc3ccccc3)(C(=O)O)C2C1=O. The molecule has 0 aliphatic carbocycles. The van der Waals surface area contributed by atoms with Crippen LogP contribution in [-0.4, -0.2) is 39.9 Å². The van der Waals surface area contributed by atoms with Gasteiger partial charge in [0.2, 0.25) is 11.8 Å². The molecule has 2 saturated heterocycles. The maximum Gasteiger partial charge on any atom is 0.325 e. The van der Waals surface area contributed by atoms with E-state index in [-0.39, 0.29) is 18.9 Å². The number of nitrogens with zero attached hydrogens (tertiary/aromatic N) is 1. The van der Waals surface area contributed by atoms with Crippen molar-refractivity contribution in [2.75, 3.05) is 6.54 Å². The van der Waals surface area contributed by atoms with Crippen molar-refractivity contribution in [3.05, 3.63) is 68.8 Å². The second kappa shape index (κ2) is 8.09. The number of benzene rings is 1. The maximum absolute atomic E-state index is 13.4. The number of carboxylic acid groups (broad SMARTS) is 1. The van der Waals surface area contributed by atoms with Crippen LogP contribution < -0.4 is 5.32 Å². The molecule has 2 amide bonds. The van der Waals surface area contributed by atoms with Crippen LogP contribution in [0.1, 0.15) is 23.4 Å². The Morgan fingerprint density at radius 3 is 2.57 bits per heavy atom. The first-order chi connectivity index (χ1) is 14.4. The zero-order valence-corrected chi connectivity index (χ0v) is 18.7. The second-order valence-electron chi connectivity index (χ2n) is 7.56. The Morgan fingerprint density at radius 1 is 1.23 bits per heavy atom. The third-order valence-corrected chi connectivity index (χ3v) is 7.58. The number of aliphatic carboxylic acids is 1. The molecule has 2 aliphatic heterocycles. The smallest absolute Gasteiger partial charge is 0.325 e. The fourth-order valence-electron chi connectivity index (χ4n) is 4.55. The number of halogens is 1. The fraction of sp³-hybridized carbons (Fsp3) is 0.318. The lowest BCUT2D eigenvalue weighted by Gasteiger charge is -2.31. The van der Waals surface area contributed by atoms with Crippen LogP contribution in [-0.2, 0) is 20.8 Å². The van der Waals surface area contributed by atoms with E-state index >= 15 is 0 Å². The van der Waals surface area contributed by atoms with E-state index in [1.165, 1.54) is 16.2 Å². The highest BCUT2D eigenvalue weighted by Crippen LogP contribution is 2.51. The molecule has 2 aromatic rings. The number of carbonyl (C=O) groups is 3. The Labute approximate surface area is 186 Å². The standard InChI is InChI=1S/C22H21BrN2O4S/c1-2-3-11-25-19(26)16-17(20(25)27)22(21(28)29,12-13-7-5-4-6-8-13)24-18(16)14-9-10-15(23)30-14/h2-10,16-18,24H,11-12H2,1H3,(H,28,29). The molecule has 2 aliphatic rings. The van der Waals surface area contributed by atoms with Crippen LogP contribution in [0.3, 0.4) is 0 Å². The fourth-order valence-corrected chi connectivity index (χ4v) is 6.07. The molecule has 6 nitrogen and oxygen atoms in total. The molecule has 0 saturated carbocycles. The summed E-state index contributed by atoms with van der Waals surface area (Å²) in [6, 6.07) is 12.4. The minimum atomic E-state index is -1.56. The number of fused-ring (bicyclic) bond motifs is 1. The lowest BCUT2D eigenvalue weighted by molar-refractivity contribution is -0.151. The number of carboxylic acids is 1. The van der Waals surface area contributed by atoms with Gasteiger partial charge < -0.3 is 5.11 Å². The summed E-state index contributed by atoms with van der Waals surface area (Å²) in [7, 11) is 0. The molecule has 2 N–H and O–H groups in total. The number of hydrogen-bond acceptors (Lipinski definition) is 5. The molecular weight excluding hydrogens is 468 g/mol. The Balaban J connectivity index is 1.83. The monoisotopic (exact) mass is 488 g/mol. The van der Waals surface area contributed by atoms with Crippen molar-refractivity contribution in [3.63, 3.8) is 0 Å². The van der Waals surface area contributed by atoms with Gasteiger partial charge in [-0.1, -0.05) is 42.5 Å². The second-order valence-corrected chi connectivity index (χ2v) is 10.1. The van der Waals surface area contributed by atoms with Gasteiger partial charge in [0.15, 0.2) is 0 Å². The average Bonchev–Trinajstić information content (AvgIpc) is 3.37. The van der Waals surface area contributed by atoms with Crippen molar-refractivity contribution >= 4 is 45.1 Å². The average molecular weight is 489 g/mol. The van der Waals surface area contributed by atoms with E-state index in [0.29, 0.717) is 0 Å². The number of likely N-dealkylation sites (tertiary alicyclic amines) is 1. The number of nitrogens with one attached hydrogen (secondary N) is 1. The highest BCUT2D eigenvalue weighted by Gasteiger charge is 2.68. The largest absolute Gasteiger partial charge is 0.480 e. The molecule has 8 heteroatoms. The summed E-state index contributed by atoms with van der Waals surface area (Å²) in [5.41, 5.74) is -0.767. The molecule has 4 atom stereocenters. The molecule has 30 heavy (non-hydrogen) atoms. The van der Waals surface area contributed by atoms with Crippen molar-refractivity contribution in [2.45, 2.75) is 24.9 Å². The lowest BCUT2D eigenvalue weighted by Crippen LogP contribution is -2.57. The molecule has 1 aromatic carbocycles. The van der Waals surface area contributed by atoms with Gasteiger partial charge in [0.1, 0.15) is 5.54 Å². The van der Waals surface area contributed by atoms with E-state index in [9.17, 15) is 19.5 Å². The molecule has 156 valence electrons. The first-order valence-electron chi connectivity index (χ1n) is 9.65. The van der Waals surface area contributed by atoms with Gasteiger partial charge in [-0.15, -0.1) is 11.3 Å². The van der Waals surface area contributed by atoms with Gasteiger partial charge in [-0.2, -0.15) is 0 Å². The molecule has 0 spiro atoms. The number of rotatable bonds is 6. The molecular formula is C22H21BrN2O4S. The summed E-state index contributed by atoms with van der Waals surface area (Å²) in [4.78, 5) is 41.3. The van der Waals surface area contributed by atoms with Gasteiger partial charge in [0.25, 0.3) is 0 Å². The first-order valence-corrected chi connectivity index (χ1v) is 11.3. The van der Waals surface area contributed by atoms with Crippen LogP contribution in [0, 0.1) is 11.8 Å². The first kappa shape index (κ1) is 21.0. The number of carbonyl (C=O) groups excluding carboxylic acids is 2. The van der Waals surface area contributed by atoms with Crippen LogP contribution in [0.2, 0.25) is 0 Å². The Bertz CT molecular complexity index is 1020. The Kier molecular flexibility index (Phi) is 5.65. The van der Waals surface area contributed by atoms with Gasteiger partial charge in [0, 0.05) is 17.8 Å². The zero-order chi connectivity index (χ0) is 21.5. The molecule has 0 bridgehead atoms. The lowest BCUT2D eigenvalue weighted by atomic mass is 9.76. The van der Waals surface area contributed by atoms with Gasteiger partial charge in [-0.05, 0) is 40.5 Å². The summed E-state index contributed by atoms with van der Waals surface area (Å²) in [6.07, 6.45) is 3.62. The highest BCUT2D eigenvalue weighted by atomic mass is 79.9. The van der Waals surface area contributed by atoms with Crippen molar-refractivity contribution < 1.29 is 19.5 Å². The van der Waals surface area contributed by atoms with Gasteiger partial charge in [0.05, 0.1) is 21.7 Å². The van der Waals surface area contributed by atoms with Crippen molar-refractivity contribution in [1.29, 1.82) is 0 Å². The molecule has 2 fully saturated rings. The minimum Gasteiger partial charge on any atom is -0.480 e. The van der Waals surface area contributed by atoms with Crippen LogP contribution in [0.5, 0.6) is 0 Å². The number of imide groups is 1. The van der Waals surface area contributed by atoms with E-state index < -0.39 is 35.3 Å². The van der Waals surface area contributed by atoms with Gasteiger partial charge in [-0.25, -0.2) is 0 Å². The maximum atomic E-state index is 13.4. The zero-order valence-electron chi connectivity index (χ0n) is 16.2.